The minimum absolute atomic E-state index is 0.0317. The second-order valence-corrected chi connectivity index (χ2v) is 7.55. The van der Waals surface area contributed by atoms with Gasteiger partial charge in [0.05, 0.1) is 10.9 Å². The molecule has 0 atom stereocenters. The Morgan fingerprint density at radius 2 is 1.85 bits per heavy atom. The van der Waals surface area contributed by atoms with E-state index in [1.807, 2.05) is 30.3 Å². The van der Waals surface area contributed by atoms with Crippen LogP contribution in [0.3, 0.4) is 0 Å². The lowest BCUT2D eigenvalue weighted by atomic mass is 10.1. The zero-order valence-corrected chi connectivity index (χ0v) is 15.5. The number of hydrogen-bond acceptors (Lipinski definition) is 5. The van der Waals surface area contributed by atoms with E-state index in [9.17, 15) is 14.7 Å². The number of fused-ring (bicyclic) bond motifs is 1. The molecule has 0 aliphatic rings. The van der Waals surface area contributed by atoms with E-state index in [2.05, 4.69) is 0 Å². The van der Waals surface area contributed by atoms with Crippen LogP contribution in [0.1, 0.15) is 15.2 Å². The molecule has 7 heteroatoms. The number of phenolic OH excluding ortho intramolecular Hbond substituents is 1. The Balaban J connectivity index is 1.63. The number of aromatic hydroxyl groups is 1. The maximum absolute atomic E-state index is 12.2. The number of carbonyl (C=O) groups is 2. The Morgan fingerprint density at radius 1 is 1.15 bits per heavy atom. The highest BCUT2D eigenvalue weighted by atomic mass is 35.5. The summed E-state index contributed by atoms with van der Waals surface area (Å²) in [7, 11) is 1.62. The summed E-state index contributed by atoms with van der Waals surface area (Å²) in [5.41, 5.74) is 0.0317. The standard InChI is InChI=1S/C19H16ClNO4S/c1-21(10-14-6-7-17(20)26-14)18(23)11-25-19(24)15-8-12-4-2-3-5-13(12)9-16(15)22/h2-9,22H,10-11H2,1H3. The third-order valence-corrected chi connectivity index (χ3v) is 5.07. The number of amides is 1. The van der Waals surface area contributed by atoms with Crippen LogP contribution < -0.4 is 0 Å². The van der Waals surface area contributed by atoms with Gasteiger partial charge in [0.15, 0.2) is 6.61 Å². The molecule has 134 valence electrons. The average molecular weight is 390 g/mol. The largest absolute Gasteiger partial charge is 0.507 e. The number of phenols is 1. The molecule has 1 heterocycles. The molecular weight excluding hydrogens is 374 g/mol. The normalized spacial score (nSPS) is 10.7. The molecule has 3 rings (SSSR count). The summed E-state index contributed by atoms with van der Waals surface area (Å²) < 4.78 is 5.72. The number of likely N-dealkylation sites (N-methyl/N-ethyl adjacent to an activating group) is 1. The van der Waals surface area contributed by atoms with E-state index in [4.69, 9.17) is 16.3 Å². The minimum atomic E-state index is -0.742. The molecule has 1 aromatic heterocycles. The van der Waals surface area contributed by atoms with Crippen LogP contribution in [0, 0.1) is 0 Å². The first kappa shape index (κ1) is 18.2. The lowest BCUT2D eigenvalue weighted by Gasteiger charge is -2.16. The van der Waals surface area contributed by atoms with Gasteiger partial charge in [-0.1, -0.05) is 35.9 Å². The Morgan fingerprint density at radius 3 is 2.50 bits per heavy atom. The minimum Gasteiger partial charge on any atom is -0.507 e. The molecule has 26 heavy (non-hydrogen) atoms. The molecule has 2 aromatic carbocycles. The molecule has 1 amide bonds. The predicted octanol–water partition coefficient (Wildman–Crippen LogP) is 4.08. The number of carbonyl (C=O) groups excluding carboxylic acids is 2. The van der Waals surface area contributed by atoms with Gasteiger partial charge in [-0.25, -0.2) is 4.79 Å². The fourth-order valence-electron chi connectivity index (χ4n) is 2.47. The third kappa shape index (κ3) is 4.15. The smallest absolute Gasteiger partial charge is 0.342 e. The summed E-state index contributed by atoms with van der Waals surface area (Å²) in [6, 6.07) is 14.0. The molecule has 0 spiro atoms. The van der Waals surface area contributed by atoms with Crippen LogP contribution in [0.15, 0.2) is 48.5 Å². The number of ether oxygens (including phenoxy) is 1. The number of esters is 1. The summed E-state index contributed by atoms with van der Waals surface area (Å²) in [5.74, 6) is -1.26. The molecule has 0 saturated heterocycles. The Kier molecular flexibility index (Phi) is 5.44. The molecule has 0 radical (unpaired) electrons. The fourth-order valence-corrected chi connectivity index (χ4v) is 3.61. The van der Waals surface area contributed by atoms with Gasteiger partial charge < -0.3 is 14.7 Å². The van der Waals surface area contributed by atoms with E-state index in [-0.39, 0.29) is 17.2 Å². The van der Waals surface area contributed by atoms with Gasteiger partial charge in [-0.2, -0.15) is 0 Å². The van der Waals surface area contributed by atoms with Crippen LogP contribution in [0.5, 0.6) is 5.75 Å². The van der Waals surface area contributed by atoms with E-state index in [1.165, 1.54) is 22.3 Å². The van der Waals surface area contributed by atoms with Gasteiger partial charge in [0.1, 0.15) is 11.3 Å². The highest BCUT2D eigenvalue weighted by molar-refractivity contribution is 7.16. The Bertz CT molecular complexity index is 969. The van der Waals surface area contributed by atoms with Crippen molar-refractivity contribution in [1.29, 1.82) is 0 Å². The van der Waals surface area contributed by atoms with Crippen molar-refractivity contribution in [2.75, 3.05) is 13.7 Å². The highest BCUT2D eigenvalue weighted by Gasteiger charge is 2.17. The van der Waals surface area contributed by atoms with Gasteiger partial charge in [-0.15, -0.1) is 11.3 Å². The number of hydrogen-bond donors (Lipinski definition) is 1. The molecule has 0 bridgehead atoms. The first-order valence-electron chi connectivity index (χ1n) is 7.81. The van der Waals surface area contributed by atoms with Crippen LogP contribution in [0.2, 0.25) is 4.34 Å². The quantitative estimate of drug-likeness (QED) is 0.668. The first-order valence-corrected chi connectivity index (χ1v) is 9.00. The van der Waals surface area contributed by atoms with Gasteiger partial charge in [-0.3, -0.25) is 4.79 Å². The maximum atomic E-state index is 12.2. The molecule has 0 fully saturated rings. The van der Waals surface area contributed by atoms with Crippen LogP contribution in [-0.2, 0) is 16.1 Å². The molecule has 3 aromatic rings. The molecule has 0 saturated carbocycles. The third-order valence-electron chi connectivity index (χ3n) is 3.86. The van der Waals surface area contributed by atoms with E-state index >= 15 is 0 Å². The van der Waals surface area contributed by atoms with Crippen molar-refractivity contribution in [3.05, 3.63) is 63.3 Å². The van der Waals surface area contributed by atoms with E-state index in [0.29, 0.717) is 10.9 Å². The first-order chi connectivity index (χ1) is 12.4. The second-order valence-electron chi connectivity index (χ2n) is 5.75. The fraction of sp³-hybridized carbons (Fsp3) is 0.158. The van der Waals surface area contributed by atoms with Gasteiger partial charge in [-0.05, 0) is 35.0 Å². The summed E-state index contributed by atoms with van der Waals surface area (Å²) >= 11 is 7.26. The highest BCUT2D eigenvalue weighted by Crippen LogP contribution is 2.26. The maximum Gasteiger partial charge on any atom is 0.342 e. The van der Waals surface area contributed by atoms with Crippen molar-refractivity contribution in [2.45, 2.75) is 6.54 Å². The van der Waals surface area contributed by atoms with Crippen LogP contribution in [0.4, 0.5) is 0 Å². The summed E-state index contributed by atoms with van der Waals surface area (Å²) in [4.78, 5) is 26.8. The predicted molar refractivity (Wildman–Crippen MR) is 102 cm³/mol. The molecule has 0 aliphatic carbocycles. The lowest BCUT2D eigenvalue weighted by molar-refractivity contribution is -0.133. The molecule has 0 aliphatic heterocycles. The van der Waals surface area contributed by atoms with Crippen molar-refractivity contribution >= 4 is 45.6 Å². The van der Waals surface area contributed by atoms with Crippen LogP contribution in [0.25, 0.3) is 10.8 Å². The second kappa shape index (κ2) is 7.76. The van der Waals surface area contributed by atoms with Crippen molar-refractivity contribution in [1.82, 2.24) is 4.90 Å². The zero-order valence-electron chi connectivity index (χ0n) is 13.9. The molecule has 0 unspecified atom stereocenters. The van der Waals surface area contributed by atoms with Gasteiger partial charge in [0.25, 0.3) is 5.91 Å². The van der Waals surface area contributed by atoms with E-state index in [0.717, 1.165) is 15.6 Å². The van der Waals surface area contributed by atoms with E-state index in [1.54, 1.807) is 19.2 Å². The van der Waals surface area contributed by atoms with E-state index < -0.39 is 12.6 Å². The van der Waals surface area contributed by atoms with Gasteiger partial charge in [0, 0.05) is 11.9 Å². The number of rotatable bonds is 5. The molecule has 5 nitrogen and oxygen atoms in total. The number of nitrogens with zero attached hydrogens (tertiary/aromatic N) is 1. The number of halogens is 1. The van der Waals surface area contributed by atoms with Crippen molar-refractivity contribution in [2.24, 2.45) is 0 Å². The number of benzene rings is 2. The Labute approximate surface area is 159 Å². The average Bonchev–Trinajstić information content (AvgIpc) is 3.03. The lowest BCUT2D eigenvalue weighted by Crippen LogP contribution is -2.30. The SMILES string of the molecule is CN(Cc1ccc(Cl)s1)C(=O)COC(=O)c1cc2ccccc2cc1O. The van der Waals surface area contributed by atoms with Crippen LogP contribution >= 0.6 is 22.9 Å². The van der Waals surface area contributed by atoms with Crippen LogP contribution in [-0.4, -0.2) is 35.5 Å². The van der Waals surface area contributed by atoms with Crippen molar-refractivity contribution in [3.63, 3.8) is 0 Å². The zero-order chi connectivity index (χ0) is 18.7. The summed E-state index contributed by atoms with van der Waals surface area (Å²) in [5, 5.41) is 11.7. The van der Waals surface area contributed by atoms with Gasteiger partial charge in [0.2, 0.25) is 0 Å². The molecule has 1 N–H and O–H groups in total. The summed E-state index contributed by atoms with van der Waals surface area (Å²) in [6.07, 6.45) is 0. The Hall–Kier alpha value is -2.57. The monoisotopic (exact) mass is 389 g/mol. The summed E-state index contributed by atoms with van der Waals surface area (Å²) in [6.45, 7) is -0.0182. The number of thiophene rings is 1. The topological polar surface area (TPSA) is 66.8 Å². The van der Waals surface area contributed by atoms with Gasteiger partial charge >= 0.3 is 5.97 Å². The van der Waals surface area contributed by atoms with Crippen molar-refractivity contribution in [3.8, 4) is 5.75 Å². The van der Waals surface area contributed by atoms with Crippen molar-refractivity contribution < 1.29 is 19.4 Å². The molecular formula is C19H16ClNO4S.